The molecule has 32 heavy (non-hydrogen) atoms. The number of phenols is 2. The van der Waals surface area contributed by atoms with Crippen LogP contribution in [0.2, 0.25) is 0 Å². The average Bonchev–Trinajstić information content (AvgIpc) is 3.27. The number of para-hydroxylation sites is 1. The van der Waals surface area contributed by atoms with E-state index >= 15 is 0 Å². The number of carbonyl (C=O) groups is 2. The molecule has 0 saturated carbocycles. The van der Waals surface area contributed by atoms with Gasteiger partial charge in [0.15, 0.2) is 11.5 Å². The van der Waals surface area contributed by atoms with E-state index in [1.165, 1.54) is 6.07 Å². The summed E-state index contributed by atoms with van der Waals surface area (Å²) >= 11 is 0. The number of phenolic OH excluding ortho intramolecular Hbond substituents is 2. The Morgan fingerprint density at radius 1 is 1.19 bits per heavy atom. The van der Waals surface area contributed by atoms with Crippen LogP contribution in [0.4, 0.5) is 0 Å². The van der Waals surface area contributed by atoms with Crippen molar-refractivity contribution in [3.05, 3.63) is 46.5 Å². The molecule has 0 fully saturated rings. The summed E-state index contributed by atoms with van der Waals surface area (Å²) in [7, 11) is 0. The molecule has 0 saturated heterocycles. The summed E-state index contributed by atoms with van der Waals surface area (Å²) in [5.41, 5.74) is 8.22. The Morgan fingerprint density at radius 2 is 1.91 bits per heavy atom. The number of amidine groups is 1. The van der Waals surface area contributed by atoms with Crippen LogP contribution < -0.4 is 16.3 Å². The van der Waals surface area contributed by atoms with E-state index < -0.39 is 29.5 Å². The molecule has 1 aromatic heterocycles. The second-order valence-electron chi connectivity index (χ2n) is 7.52. The maximum Gasteiger partial charge on any atom is 0.320 e. The molecule has 10 nitrogen and oxygen atoms in total. The van der Waals surface area contributed by atoms with Crippen molar-refractivity contribution in [3.8, 4) is 22.8 Å². The van der Waals surface area contributed by atoms with Gasteiger partial charge in [-0.1, -0.05) is 18.2 Å². The second kappa shape index (κ2) is 7.82. The molecular formula is C22H20N4O6. The molecule has 0 bridgehead atoms. The van der Waals surface area contributed by atoms with Crippen molar-refractivity contribution in [2.75, 3.05) is 0 Å². The molecule has 1 unspecified atom stereocenters. The lowest BCUT2D eigenvalue weighted by molar-refractivity contribution is -0.138. The van der Waals surface area contributed by atoms with Crippen LogP contribution in [0.5, 0.6) is 11.5 Å². The third kappa shape index (κ3) is 3.46. The van der Waals surface area contributed by atoms with E-state index in [9.17, 15) is 24.9 Å². The Kier molecular flexibility index (Phi) is 5.15. The minimum atomic E-state index is -1.19. The fraction of sp³-hybridized carbons (Fsp3) is 0.182. The molecule has 4 rings (SSSR count). The van der Waals surface area contributed by atoms with Gasteiger partial charge in [0.25, 0.3) is 0 Å². The molecule has 2 heterocycles. The van der Waals surface area contributed by atoms with Gasteiger partial charge in [0.1, 0.15) is 17.2 Å². The largest absolute Gasteiger partial charge is 0.504 e. The van der Waals surface area contributed by atoms with E-state index in [1.807, 2.05) is 0 Å². The molecular weight excluding hydrogens is 416 g/mol. The molecule has 1 aliphatic heterocycles. The van der Waals surface area contributed by atoms with Crippen LogP contribution >= 0.6 is 0 Å². The lowest BCUT2D eigenvalue weighted by Gasteiger charge is -2.11. The van der Waals surface area contributed by atoms with Gasteiger partial charge in [0, 0.05) is 40.1 Å². The minimum absolute atomic E-state index is 0.00785. The Hall–Kier alpha value is -4.18. The first-order valence-electron chi connectivity index (χ1n) is 9.75. The van der Waals surface area contributed by atoms with Crippen LogP contribution in [0.25, 0.3) is 27.7 Å². The third-order valence-electron chi connectivity index (χ3n) is 5.48. The predicted molar refractivity (Wildman–Crippen MR) is 115 cm³/mol. The van der Waals surface area contributed by atoms with Gasteiger partial charge in [0.2, 0.25) is 0 Å². The van der Waals surface area contributed by atoms with Crippen molar-refractivity contribution in [1.82, 2.24) is 4.98 Å². The second-order valence-corrected chi connectivity index (χ2v) is 7.52. The van der Waals surface area contributed by atoms with E-state index in [4.69, 9.17) is 16.2 Å². The molecule has 164 valence electrons. The number of aromatic hydroxyl groups is 2. The number of nitrogens with two attached hydrogens (primary N) is 1. The summed E-state index contributed by atoms with van der Waals surface area (Å²) < 4.78 is 0. The van der Waals surface area contributed by atoms with Gasteiger partial charge in [-0.15, -0.1) is 0 Å². The highest BCUT2D eigenvalue weighted by atomic mass is 16.4. The third-order valence-corrected chi connectivity index (χ3v) is 5.48. The lowest BCUT2D eigenvalue weighted by Crippen LogP contribution is -2.32. The standard InChI is InChI=1S/C22H20N4O6/c23-13(22(31)32)7-11-9-3-1-2-4-14(9)25-18(11)12-8-15(27)20(30)19-17(12)10(21(24)26-19)5-6-16(28)29/h1-4,8,13,24-25,27,30H,5-7,23H2,(H,28,29)(H,31,32). The first-order valence-corrected chi connectivity index (χ1v) is 9.75. The van der Waals surface area contributed by atoms with Crippen LogP contribution in [-0.4, -0.2) is 49.2 Å². The van der Waals surface area contributed by atoms with E-state index in [0.717, 1.165) is 5.39 Å². The Morgan fingerprint density at radius 3 is 2.59 bits per heavy atom. The van der Waals surface area contributed by atoms with Gasteiger partial charge >= 0.3 is 11.9 Å². The van der Waals surface area contributed by atoms with Crippen molar-refractivity contribution >= 4 is 34.3 Å². The average molecular weight is 436 g/mol. The van der Waals surface area contributed by atoms with Crippen molar-refractivity contribution in [3.63, 3.8) is 0 Å². The summed E-state index contributed by atoms with van der Waals surface area (Å²) in [5, 5.41) is 48.4. The zero-order valence-corrected chi connectivity index (χ0v) is 16.7. The number of nitrogens with zero attached hydrogens (tertiary/aromatic N) is 1. The number of fused-ring (bicyclic) bond motifs is 2. The van der Waals surface area contributed by atoms with Gasteiger partial charge in [-0.3, -0.25) is 15.0 Å². The zero-order chi connectivity index (χ0) is 23.2. The molecule has 0 aliphatic carbocycles. The summed E-state index contributed by atoms with van der Waals surface area (Å²) in [5.74, 6) is -3.42. The van der Waals surface area contributed by atoms with Crippen molar-refractivity contribution in [2.45, 2.75) is 25.3 Å². The molecule has 1 atom stereocenters. The number of aromatic amines is 1. The van der Waals surface area contributed by atoms with Crippen molar-refractivity contribution in [2.24, 2.45) is 10.7 Å². The Bertz CT molecular complexity index is 1420. The van der Waals surface area contributed by atoms with E-state index in [1.54, 1.807) is 24.3 Å². The number of benzene rings is 2. The predicted octanol–water partition coefficient (Wildman–Crippen LogP) is 0.826. The molecule has 0 spiro atoms. The highest BCUT2D eigenvalue weighted by molar-refractivity contribution is 6.18. The first-order chi connectivity index (χ1) is 15.2. The summed E-state index contributed by atoms with van der Waals surface area (Å²) in [6.07, 6.45) is -0.284. The van der Waals surface area contributed by atoms with Crippen LogP contribution in [0.1, 0.15) is 18.4 Å². The van der Waals surface area contributed by atoms with Crippen molar-refractivity contribution in [1.29, 1.82) is 5.41 Å². The van der Waals surface area contributed by atoms with Crippen LogP contribution in [0.15, 0.2) is 35.3 Å². The van der Waals surface area contributed by atoms with E-state index in [0.29, 0.717) is 33.1 Å². The maximum atomic E-state index is 11.4. The van der Waals surface area contributed by atoms with Gasteiger partial charge in [-0.05, 0) is 24.1 Å². The van der Waals surface area contributed by atoms with Gasteiger partial charge in [0.05, 0.1) is 5.69 Å². The number of hydrogen-bond acceptors (Lipinski definition) is 6. The highest BCUT2D eigenvalue weighted by Gasteiger charge is 2.26. The molecule has 8 N–H and O–H groups in total. The summed E-state index contributed by atoms with van der Waals surface area (Å²) in [6, 6.07) is 7.31. The van der Waals surface area contributed by atoms with Crippen LogP contribution in [0.3, 0.4) is 0 Å². The maximum absolute atomic E-state index is 11.4. The van der Waals surface area contributed by atoms with E-state index in [-0.39, 0.29) is 30.5 Å². The first kappa shape index (κ1) is 21.1. The SMILES string of the molecule is N=C1N=c2c(O)c(O)cc(-c3[nH]c4ccccc4c3CC(N)C(=O)O)c2=C1CCC(=O)O. The fourth-order valence-corrected chi connectivity index (χ4v) is 3.98. The van der Waals surface area contributed by atoms with Gasteiger partial charge < -0.3 is 31.1 Å². The minimum Gasteiger partial charge on any atom is -0.504 e. The fourth-order valence-electron chi connectivity index (χ4n) is 3.98. The van der Waals surface area contributed by atoms with Gasteiger partial charge in [-0.25, -0.2) is 4.99 Å². The van der Waals surface area contributed by atoms with Crippen LogP contribution in [-0.2, 0) is 16.0 Å². The number of carboxylic acid groups (broad SMARTS) is 2. The van der Waals surface area contributed by atoms with E-state index in [2.05, 4.69) is 9.98 Å². The molecule has 2 aromatic carbocycles. The number of hydrogen-bond donors (Lipinski definition) is 7. The molecule has 0 radical (unpaired) electrons. The number of nitrogens with one attached hydrogen (secondary N) is 2. The quantitative estimate of drug-likeness (QED) is 0.266. The molecule has 0 amide bonds. The molecule has 1 aliphatic rings. The smallest absolute Gasteiger partial charge is 0.320 e. The summed E-state index contributed by atoms with van der Waals surface area (Å²) in [4.78, 5) is 29.8. The number of aromatic nitrogens is 1. The van der Waals surface area contributed by atoms with Gasteiger partial charge in [-0.2, -0.15) is 0 Å². The number of carboxylic acids is 2. The Balaban J connectivity index is 2.06. The highest BCUT2D eigenvalue weighted by Crippen LogP contribution is 2.33. The van der Waals surface area contributed by atoms with Crippen molar-refractivity contribution < 1.29 is 30.0 Å². The number of H-pyrrole nitrogens is 1. The number of rotatable bonds is 7. The molecule has 10 heteroatoms. The Labute approximate surface area is 180 Å². The normalized spacial score (nSPS) is 13.8. The zero-order valence-electron chi connectivity index (χ0n) is 16.7. The number of aliphatic carboxylic acids is 2. The molecule has 3 aromatic rings. The monoisotopic (exact) mass is 436 g/mol. The lowest BCUT2D eigenvalue weighted by atomic mass is 9.95. The topological polar surface area (TPSA) is 193 Å². The summed E-state index contributed by atoms with van der Waals surface area (Å²) in [6.45, 7) is 0. The van der Waals surface area contributed by atoms with Crippen LogP contribution in [0, 0.1) is 5.41 Å².